The maximum Gasteiger partial charge on any atom is 0.151 e. The molecule has 0 bridgehead atoms. The molecule has 1 atom stereocenters. The van der Waals surface area contributed by atoms with Gasteiger partial charge in [-0.05, 0) is 31.0 Å². The van der Waals surface area contributed by atoms with Crippen LogP contribution in [0.2, 0.25) is 5.15 Å². The summed E-state index contributed by atoms with van der Waals surface area (Å²) >= 11 is 6.15. The first-order valence-corrected chi connectivity index (χ1v) is 8.90. The summed E-state index contributed by atoms with van der Waals surface area (Å²) in [5, 5.41) is 0.361. The smallest absolute Gasteiger partial charge is 0.151 e. The molecule has 0 saturated carbocycles. The van der Waals surface area contributed by atoms with E-state index in [2.05, 4.69) is 9.88 Å². The summed E-state index contributed by atoms with van der Waals surface area (Å²) in [6.07, 6.45) is 1.22. The van der Waals surface area contributed by atoms with Crippen LogP contribution in [0.25, 0.3) is 0 Å². The minimum Gasteiger partial charge on any atom is -0.377 e. The van der Waals surface area contributed by atoms with Gasteiger partial charge in [-0.25, -0.2) is 13.4 Å². The number of pyridine rings is 1. The van der Waals surface area contributed by atoms with Crippen molar-refractivity contribution in [1.29, 1.82) is 0 Å². The van der Waals surface area contributed by atoms with Crippen LogP contribution < -0.4 is 4.90 Å². The van der Waals surface area contributed by atoms with E-state index >= 15 is 0 Å². The van der Waals surface area contributed by atoms with Crippen molar-refractivity contribution < 1.29 is 13.2 Å². The molecule has 1 aromatic rings. The van der Waals surface area contributed by atoms with Crippen molar-refractivity contribution in [2.45, 2.75) is 25.6 Å². The Labute approximate surface area is 124 Å². The lowest BCUT2D eigenvalue weighted by Crippen LogP contribution is -2.44. The van der Waals surface area contributed by atoms with Gasteiger partial charge < -0.3 is 9.64 Å². The molecule has 7 heteroatoms. The molecule has 1 aliphatic heterocycles. The van der Waals surface area contributed by atoms with E-state index in [1.165, 1.54) is 6.26 Å². The van der Waals surface area contributed by atoms with E-state index < -0.39 is 9.84 Å². The molecule has 20 heavy (non-hydrogen) atoms. The average Bonchev–Trinajstić information content (AvgIpc) is 2.33. The number of hydrogen-bond donors (Lipinski definition) is 0. The van der Waals surface area contributed by atoms with Gasteiger partial charge in [0.1, 0.15) is 11.0 Å². The monoisotopic (exact) mass is 318 g/mol. The van der Waals surface area contributed by atoms with Crippen molar-refractivity contribution in [3.05, 3.63) is 22.3 Å². The van der Waals surface area contributed by atoms with Gasteiger partial charge in [-0.2, -0.15) is 0 Å². The average molecular weight is 319 g/mol. The fourth-order valence-electron chi connectivity index (χ4n) is 2.26. The Morgan fingerprint density at radius 1 is 1.55 bits per heavy atom. The number of hydrogen-bond acceptors (Lipinski definition) is 5. The Morgan fingerprint density at radius 3 is 2.85 bits per heavy atom. The third-order valence-corrected chi connectivity index (χ3v) is 4.59. The summed E-state index contributed by atoms with van der Waals surface area (Å²) in [5.41, 5.74) is 1.43. The molecule has 1 unspecified atom stereocenters. The summed E-state index contributed by atoms with van der Waals surface area (Å²) in [4.78, 5) is 6.48. The van der Waals surface area contributed by atoms with Crippen molar-refractivity contribution in [1.82, 2.24) is 4.98 Å². The van der Waals surface area contributed by atoms with Crippen molar-refractivity contribution in [3.63, 3.8) is 0 Å². The van der Waals surface area contributed by atoms with Gasteiger partial charge in [0, 0.05) is 12.8 Å². The van der Waals surface area contributed by atoms with Crippen LogP contribution in [0.15, 0.2) is 6.07 Å². The van der Waals surface area contributed by atoms with E-state index in [1.807, 2.05) is 13.0 Å². The predicted octanol–water partition coefficient (Wildman–Crippen LogP) is 1.81. The van der Waals surface area contributed by atoms with Gasteiger partial charge in [0.2, 0.25) is 0 Å². The molecular weight excluding hydrogens is 300 g/mol. The lowest BCUT2D eigenvalue weighted by Gasteiger charge is -2.34. The van der Waals surface area contributed by atoms with Gasteiger partial charge in [-0.1, -0.05) is 11.6 Å². The Balaban J connectivity index is 2.39. The number of halogens is 1. The minimum atomic E-state index is -3.11. The van der Waals surface area contributed by atoms with E-state index in [0.29, 0.717) is 23.9 Å². The third-order valence-electron chi connectivity index (χ3n) is 3.39. The summed E-state index contributed by atoms with van der Waals surface area (Å²) in [7, 11) is -3.11. The predicted molar refractivity (Wildman–Crippen MR) is 80.2 cm³/mol. The van der Waals surface area contributed by atoms with E-state index in [4.69, 9.17) is 16.3 Å². The SMILES string of the molecule is Cc1c(CS(C)(=O)=O)cc(N2CCOCC2C)nc1Cl. The largest absolute Gasteiger partial charge is 0.377 e. The number of nitrogens with zero attached hydrogens (tertiary/aromatic N) is 2. The minimum absolute atomic E-state index is 0.0210. The molecule has 0 N–H and O–H groups in total. The maximum absolute atomic E-state index is 11.5. The molecule has 5 nitrogen and oxygen atoms in total. The number of rotatable bonds is 3. The van der Waals surface area contributed by atoms with Gasteiger partial charge in [0.15, 0.2) is 9.84 Å². The van der Waals surface area contributed by atoms with E-state index in [9.17, 15) is 8.42 Å². The van der Waals surface area contributed by atoms with Crippen LogP contribution in [0, 0.1) is 6.92 Å². The van der Waals surface area contributed by atoms with Gasteiger partial charge in [0.05, 0.1) is 25.0 Å². The molecule has 0 radical (unpaired) electrons. The maximum atomic E-state index is 11.5. The zero-order valence-electron chi connectivity index (χ0n) is 11.9. The number of aromatic nitrogens is 1. The van der Waals surface area contributed by atoms with Crippen LogP contribution in [0.5, 0.6) is 0 Å². The van der Waals surface area contributed by atoms with Crippen molar-refractivity contribution in [2.24, 2.45) is 0 Å². The Hall–Kier alpha value is -0.850. The van der Waals surface area contributed by atoms with Gasteiger partial charge in [-0.15, -0.1) is 0 Å². The van der Waals surface area contributed by atoms with Crippen molar-refractivity contribution in [2.75, 3.05) is 30.9 Å². The van der Waals surface area contributed by atoms with Crippen LogP contribution in [-0.4, -0.2) is 45.5 Å². The highest BCUT2D eigenvalue weighted by Crippen LogP contribution is 2.26. The number of ether oxygens (including phenoxy) is 1. The lowest BCUT2D eigenvalue weighted by molar-refractivity contribution is 0.0985. The zero-order valence-corrected chi connectivity index (χ0v) is 13.5. The van der Waals surface area contributed by atoms with Crippen molar-refractivity contribution >= 4 is 27.3 Å². The first-order chi connectivity index (χ1) is 9.28. The molecule has 0 spiro atoms. The molecule has 1 aliphatic rings. The van der Waals surface area contributed by atoms with Crippen LogP contribution >= 0.6 is 11.6 Å². The van der Waals surface area contributed by atoms with E-state index in [1.54, 1.807) is 6.92 Å². The van der Waals surface area contributed by atoms with E-state index in [0.717, 1.165) is 17.9 Å². The molecule has 1 fully saturated rings. The summed E-state index contributed by atoms with van der Waals surface area (Å²) in [6, 6.07) is 2.02. The van der Waals surface area contributed by atoms with Crippen LogP contribution in [-0.2, 0) is 20.3 Å². The molecule has 112 valence electrons. The molecule has 2 rings (SSSR count). The molecule has 0 aliphatic carbocycles. The second kappa shape index (κ2) is 5.87. The normalized spacial score (nSPS) is 20.2. The summed E-state index contributed by atoms with van der Waals surface area (Å²) < 4.78 is 28.4. The van der Waals surface area contributed by atoms with E-state index in [-0.39, 0.29) is 11.8 Å². The van der Waals surface area contributed by atoms with Crippen LogP contribution in [0.1, 0.15) is 18.1 Å². The van der Waals surface area contributed by atoms with Crippen LogP contribution in [0.4, 0.5) is 5.82 Å². The number of sulfone groups is 1. The summed E-state index contributed by atoms with van der Waals surface area (Å²) in [5.74, 6) is 0.697. The van der Waals surface area contributed by atoms with Gasteiger partial charge in [-0.3, -0.25) is 0 Å². The number of morpholine rings is 1. The van der Waals surface area contributed by atoms with Crippen molar-refractivity contribution in [3.8, 4) is 0 Å². The quantitative estimate of drug-likeness (QED) is 0.796. The second-order valence-corrected chi connectivity index (χ2v) is 7.74. The first kappa shape index (κ1) is 15.5. The third kappa shape index (κ3) is 3.62. The molecule has 0 aromatic carbocycles. The molecular formula is C13H19ClN2O3S. The highest BCUT2D eigenvalue weighted by molar-refractivity contribution is 7.89. The Kier molecular flexibility index (Phi) is 4.56. The molecule has 0 amide bonds. The standard InChI is InChI=1S/C13H19ClN2O3S/c1-9-7-19-5-4-16(9)12-6-11(8-20(3,17)18)10(2)13(14)15-12/h6,9H,4-5,7-8H2,1-3H3. The first-order valence-electron chi connectivity index (χ1n) is 6.46. The van der Waals surface area contributed by atoms with Gasteiger partial charge >= 0.3 is 0 Å². The fourth-order valence-corrected chi connectivity index (χ4v) is 3.33. The molecule has 1 saturated heterocycles. The Bertz CT molecular complexity index is 604. The fraction of sp³-hybridized carbons (Fsp3) is 0.615. The Morgan fingerprint density at radius 2 is 2.25 bits per heavy atom. The van der Waals surface area contributed by atoms with Crippen LogP contribution in [0.3, 0.4) is 0 Å². The highest BCUT2D eigenvalue weighted by atomic mass is 35.5. The highest BCUT2D eigenvalue weighted by Gasteiger charge is 2.22. The number of anilines is 1. The molecule has 1 aromatic heterocycles. The zero-order chi connectivity index (χ0) is 14.9. The van der Waals surface area contributed by atoms with Gasteiger partial charge in [0.25, 0.3) is 0 Å². The second-order valence-electron chi connectivity index (χ2n) is 5.24. The molecule has 2 heterocycles. The lowest BCUT2D eigenvalue weighted by atomic mass is 10.1. The topological polar surface area (TPSA) is 59.5 Å². The summed E-state index contributed by atoms with van der Waals surface area (Å²) in [6.45, 7) is 5.84.